The van der Waals surface area contributed by atoms with Gasteiger partial charge in [0.2, 0.25) is 5.91 Å². The fourth-order valence-corrected chi connectivity index (χ4v) is 1.96. The van der Waals surface area contributed by atoms with Crippen molar-refractivity contribution in [3.8, 4) is 0 Å². The number of methoxy groups -OCH3 is 1. The first-order valence-corrected chi connectivity index (χ1v) is 6.31. The zero-order valence-electron chi connectivity index (χ0n) is 11.1. The fraction of sp³-hybridized carbons (Fsp3) is 0.727. The number of carbonyl (C=O) groups is 2. The molecular weight excluding hydrogens is 250 g/mol. The summed E-state index contributed by atoms with van der Waals surface area (Å²) in [5.74, 6) is -0.743. The van der Waals surface area contributed by atoms with Gasteiger partial charge in [0.05, 0.1) is 19.6 Å². The van der Waals surface area contributed by atoms with Gasteiger partial charge >= 0.3 is 5.97 Å². The van der Waals surface area contributed by atoms with Gasteiger partial charge in [0.15, 0.2) is 0 Å². The molecule has 2 rings (SSSR count). The van der Waals surface area contributed by atoms with Crippen LogP contribution in [0.4, 0.5) is 5.95 Å². The molecule has 0 radical (unpaired) electrons. The molecule has 0 aliphatic carbocycles. The highest BCUT2D eigenvalue weighted by Crippen LogP contribution is 2.22. The second kappa shape index (κ2) is 5.77. The Labute approximate surface area is 110 Å². The number of aryl methyl sites for hydroxylation is 1. The summed E-state index contributed by atoms with van der Waals surface area (Å²) < 4.78 is 4.65. The molecule has 0 saturated carbocycles. The molecule has 19 heavy (non-hydrogen) atoms. The molecule has 0 aromatic carbocycles. The summed E-state index contributed by atoms with van der Waals surface area (Å²) in [6.07, 6.45) is 2.12. The summed E-state index contributed by atoms with van der Waals surface area (Å²) in [5, 5.41) is 11.9. The molecule has 104 valence electrons. The van der Waals surface area contributed by atoms with Crippen LogP contribution in [-0.4, -0.2) is 45.7 Å². The molecule has 8 nitrogen and oxygen atoms in total. The molecule has 1 aliphatic rings. The average molecular weight is 267 g/mol. The van der Waals surface area contributed by atoms with Crippen molar-refractivity contribution >= 4 is 17.8 Å². The first-order valence-electron chi connectivity index (χ1n) is 6.31. The van der Waals surface area contributed by atoms with Crippen LogP contribution in [0.25, 0.3) is 0 Å². The maximum Gasteiger partial charge on any atom is 0.311 e. The second-order valence-electron chi connectivity index (χ2n) is 4.47. The Hall–Kier alpha value is -1.99. The Morgan fingerprint density at radius 3 is 3.00 bits per heavy atom. The van der Waals surface area contributed by atoms with E-state index in [0.717, 1.165) is 12.8 Å². The maximum absolute atomic E-state index is 11.8. The van der Waals surface area contributed by atoms with E-state index in [1.807, 2.05) is 0 Å². The summed E-state index contributed by atoms with van der Waals surface area (Å²) in [5.41, 5.74) is 0. The minimum Gasteiger partial charge on any atom is -0.469 e. The van der Waals surface area contributed by atoms with Gasteiger partial charge in [0, 0.05) is 13.0 Å². The van der Waals surface area contributed by atoms with Gasteiger partial charge in [-0.25, -0.2) is 0 Å². The number of aromatic nitrogens is 4. The van der Waals surface area contributed by atoms with Crippen molar-refractivity contribution in [1.82, 2.24) is 20.2 Å². The normalized spacial score (nSPS) is 18.9. The van der Waals surface area contributed by atoms with Crippen LogP contribution in [0.2, 0.25) is 0 Å². The number of rotatable bonds is 5. The van der Waals surface area contributed by atoms with Gasteiger partial charge in [-0.1, -0.05) is 18.4 Å². The van der Waals surface area contributed by atoms with Crippen LogP contribution in [0.5, 0.6) is 0 Å². The number of tetrazole rings is 1. The van der Waals surface area contributed by atoms with Crippen LogP contribution < -0.4 is 4.90 Å². The maximum atomic E-state index is 11.8. The van der Waals surface area contributed by atoms with Crippen molar-refractivity contribution in [3.05, 3.63) is 0 Å². The summed E-state index contributed by atoms with van der Waals surface area (Å²) >= 11 is 0. The van der Waals surface area contributed by atoms with E-state index >= 15 is 0 Å². The first kappa shape index (κ1) is 13.4. The molecular formula is C11H17N5O3. The smallest absolute Gasteiger partial charge is 0.311 e. The lowest BCUT2D eigenvalue weighted by Gasteiger charge is -2.10. The van der Waals surface area contributed by atoms with E-state index in [1.165, 1.54) is 16.8 Å². The predicted octanol–water partition coefficient (Wildman–Crippen LogP) is -0.000900. The highest BCUT2D eigenvalue weighted by molar-refractivity contribution is 5.98. The van der Waals surface area contributed by atoms with E-state index < -0.39 is 5.92 Å². The predicted molar refractivity (Wildman–Crippen MR) is 65.2 cm³/mol. The van der Waals surface area contributed by atoms with Gasteiger partial charge in [-0.15, -0.1) is 5.10 Å². The summed E-state index contributed by atoms with van der Waals surface area (Å²) in [6, 6.07) is 0. The molecule has 8 heteroatoms. The molecule has 0 unspecified atom stereocenters. The number of hydrogen-bond donors (Lipinski definition) is 0. The standard InChI is InChI=1S/C11H17N5O3/c1-3-4-5-16-13-11(12-14-16)15-7-8(6-9(15)17)10(18)19-2/h8H,3-7H2,1-2H3/t8-/m0/s1. The summed E-state index contributed by atoms with van der Waals surface area (Å²) in [4.78, 5) is 26.1. The van der Waals surface area contributed by atoms with Crippen LogP contribution in [0.1, 0.15) is 26.2 Å². The van der Waals surface area contributed by atoms with Crippen LogP contribution >= 0.6 is 0 Å². The summed E-state index contributed by atoms with van der Waals surface area (Å²) in [7, 11) is 1.31. The van der Waals surface area contributed by atoms with Crippen LogP contribution in [-0.2, 0) is 20.9 Å². The monoisotopic (exact) mass is 267 g/mol. The van der Waals surface area contributed by atoms with Crippen LogP contribution in [0, 0.1) is 5.92 Å². The Morgan fingerprint density at radius 1 is 1.53 bits per heavy atom. The number of nitrogens with zero attached hydrogens (tertiary/aromatic N) is 5. The van der Waals surface area contributed by atoms with Gasteiger partial charge in [-0.3, -0.25) is 14.5 Å². The largest absolute Gasteiger partial charge is 0.469 e. The third kappa shape index (κ3) is 2.88. The van der Waals surface area contributed by atoms with E-state index in [9.17, 15) is 9.59 Å². The average Bonchev–Trinajstić information content (AvgIpc) is 3.01. The van der Waals surface area contributed by atoms with Gasteiger partial charge in [0.25, 0.3) is 5.95 Å². The van der Waals surface area contributed by atoms with Crippen molar-refractivity contribution in [2.45, 2.75) is 32.7 Å². The van der Waals surface area contributed by atoms with E-state index in [2.05, 4.69) is 27.1 Å². The minimum absolute atomic E-state index is 0.135. The molecule has 0 N–H and O–H groups in total. The Balaban J connectivity index is 2.03. The number of amides is 1. The quantitative estimate of drug-likeness (QED) is 0.697. The lowest BCUT2D eigenvalue weighted by molar-refractivity contribution is -0.145. The first-order chi connectivity index (χ1) is 9.15. The Kier molecular flexibility index (Phi) is 4.08. The lowest BCUT2D eigenvalue weighted by atomic mass is 10.1. The zero-order valence-corrected chi connectivity index (χ0v) is 11.1. The molecule has 1 aromatic rings. The zero-order chi connectivity index (χ0) is 13.8. The van der Waals surface area contributed by atoms with Gasteiger partial charge < -0.3 is 4.74 Å². The number of ether oxygens (including phenoxy) is 1. The third-order valence-corrected chi connectivity index (χ3v) is 3.05. The third-order valence-electron chi connectivity index (χ3n) is 3.05. The molecule has 1 fully saturated rings. The van der Waals surface area contributed by atoms with Gasteiger partial charge in [0.1, 0.15) is 0 Å². The number of unbranched alkanes of at least 4 members (excludes halogenated alkanes) is 1. The number of esters is 1. The summed E-state index contributed by atoms with van der Waals surface area (Å²) in [6.45, 7) is 3.00. The fourth-order valence-electron chi connectivity index (χ4n) is 1.96. The van der Waals surface area contributed by atoms with E-state index in [4.69, 9.17) is 0 Å². The van der Waals surface area contributed by atoms with Crippen molar-refractivity contribution in [2.75, 3.05) is 18.6 Å². The number of carbonyl (C=O) groups excluding carboxylic acids is 2. The van der Waals surface area contributed by atoms with Crippen LogP contribution in [0.15, 0.2) is 0 Å². The molecule has 0 spiro atoms. The van der Waals surface area contributed by atoms with Gasteiger partial charge in [-0.05, 0) is 11.6 Å². The molecule has 1 atom stereocenters. The Morgan fingerprint density at radius 2 is 2.32 bits per heavy atom. The van der Waals surface area contributed by atoms with E-state index in [0.29, 0.717) is 6.54 Å². The van der Waals surface area contributed by atoms with Gasteiger partial charge in [-0.2, -0.15) is 4.80 Å². The molecule has 1 saturated heterocycles. The topological polar surface area (TPSA) is 90.2 Å². The lowest BCUT2D eigenvalue weighted by Crippen LogP contribution is -2.27. The van der Waals surface area contributed by atoms with Crippen molar-refractivity contribution < 1.29 is 14.3 Å². The molecule has 1 aromatic heterocycles. The van der Waals surface area contributed by atoms with E-state index in [1.54, 1.807) is 0 Å². The van der Waals surface area contributed by atoms with E-state index in [-0.39, 0.29) is 30.8 Å². The number of anilines is 1. The molecule has 2 heterocycles. The molecule has 1 aliphatic heterocycles. The highest BCUT2D eigenvalue weighted by Gasteiger charge is 2.37. The highest BCUT2D eigenvalue weighted by atomic mass is 16.5. The second-order valence-corrected chi connectivity index (χ2v) is 4.47. The van der Waals surface area contributed by atoms with Crippen molar-refractivity contribution in [1.29, 1.82) is 0 Å². The SMILES string of the molecule is CCCCn1nnc(N2C[C@@H](C(=O)OC)CC2=O)n1. The van der Waals surface area contributed by atoms with Crippen molar-refractivity contribution in [3.63, 3.8) is 0 Å². The Bertz CT molecular complexity index is 473. The minimum atomic E-state index is -0.444. The molecule has 1 amide bonds. The van der Waals surface area contributed by atoms with Crippen LogP contribution in [0.3, 0.4) is 0 Å². The number of hydrogen-bond acceptors (Lipinski definition) is 6. The molecule has 0 bridgehead atoms. The van der Waals surface area contributed by atoms with Crippen molar-refractivity contribution in [2.24, 2.45) is 5.92 Å².